The van der Waals surface area contributed by atoms with Crippen molar-refractivity contribution in [2.45, 2.75) is 24.1 Å². The molecule has 0 fully saturated rings. The Morgan fingerprint density at radius 2 is 1.96 bits per heavy atom. The quantitative estimate of drug-likeness (QED) is 0.623. The fourth-order valence-corrected chi connectivity index (χ4v) is 3.37. The number of anilines is 1. The Bertz CT molecular complexity index is 1090. The van der Waals surface area contributed by atoms with Crippen LogP contribution in [0.4, 0.5) is 10.1 Å². The van der Waals surface area contributed by atoms with Crippen LogP contribution in [0.1, 0.15) is 12.5 Å². The second kappa shape index (κ2) is 8.58. The van der Waals surface area contributed by atoms with Gasteiger partial charge in [0.1, 0.15) is 10.8 Å². The van der Waals surface area contributed by atoms with E-state index in [0.717, 1.165) is 17.3 Å². The van der Waals surface area contributed by atoms with Crippen LogP contribution >= 0.6 is 23.4 Å². The molecule has 2 aromatic carbocycles. The second-order valence-corrected chi connectivity index (χ2v) is 7.85. The number of aryl methyl sites for hydroxylation is 1. The van der Waals surface area contributed by atoms with Crippen molar-refractivity contribution < 1.29 is 9.18 Å². The highest BCUT2D eigenvalue weighted by Crippen LogP contribution is 2.23. The number of carbonyl (C=O) groups is 1. The molecule has 3 aromatic rings. The first-order chi connectivity index (χ1) is 13.3. The monoisotopic (exact) mass is 417 g/mol. The molecule has 0 aliphatic carbocycles. The summed E-state index contributed by atoms with van der Waals surface area (Å²) in [6.45, 7) is 3.55. The van der Waals surface area contributed by atoms with Crippen LogP contribution in [-0.4, -0.2) is 20.9 Å². The highest BCUT2D eigenvalue weighted by molar-refractivity contribution is 8.00. The van der Waals surface area contributed by atoms with Crippen LogP contribution in [-0.2, 0) is 4.79 Å². The van der Waals surface area contributed by atoms with Gasteiger partial charge in [-0.15, -0.1) is 0 Å². The first-order valence-corrected chi connectivity index (χ1v) is 9.70. The van der Waals surface area contributed by atoms with Gasteiger partial charge in [-0.05, 0) is 49.7 Å². The van der Waals surface area contributed by atoms with Crippen LogP contribution < -0.4 is 10.9 Å². The van der Waals surface area contributed by atoms with E-state index in [0.29, 0.717) is 15.7 Å². The first-order valence-electron chi connectivity index (χ1n) is 8.44. The zero-order chi connectivity index (χ0) is 20.3. The van der Waals surface area contributed by atoms with Gasteiger partial charge in [-0.1, -0.05) is 41.6 Å². The Morgan fingerprint density at radius 3 is 2.68 bits per heavy atom. The average molecular weight is 418 g/mol. The van der Waals surface area contributed by atoms with Gasteiger partial charge in [0.15, 0.2) is 0 Å². The summed E-state index contributed by atoms with van der Waals surface area (Å²) in [5.74, 6) is -0.871. The zero-order valence-electron chi connectivity index (χ0n) is 15.1. The molecular weight excluding hydrogens is 401 g/mol. The minimum Gasteiger partial charge on any atom is -0.323 e. The molecule has 28 heavy (non-hydrogen) atoms. The molecule has 5 nitrogen and oxygen atoms in total. The predicted octanol–water partition coefficient (Wildman–Crippen LogP) is 4.45. The van der Waals surface area contributed by atoms with E-state index in [-0.39, 0.29) is 17.2 Å². The number of nitrogens with zero attached hydrogens (tertiary/aromatic N) is 2. The summed E-state index contributed by atoms with van der Waals surface area (Å²) in [6.07, 6.45) is 0. The summed E-state index contributed by atoms with van der Waals surface area (Å²) in [6, 6.07) is 14.1. The molecule has 0 bridgehead atoms. The summed E-state index contributed by atoms with van der Waals surface area (Å²) in [4.78, 5) is 24.6. The maximum absolute atomic E-state index is 13.7. The number of amides is 1. The van der Waals surface area contributed by atoms with E-state index in [2.05, 4.69) is 10.4 Å². The van der Waals surface area contributed by atoms with E-state index < -0.39 is 11.1 Å². The summed E-state index contributed by atoms with van der Waals surface area (Å²) in [7, 11) is 0. The number of benzene rings is 2. The number of halogens is 2. The normalized spacial score (nSPS) is 11.9. The highest BCUT2D eigenvalue weighted by atomic mass is 35.5. The van der Waals surface area contributed by atoms with Crippen LogP contribution in [0.5, 0.6) is 0 Å². The van der Waals surface area contributed by atoms with Crippen molar-refractivity contribution in [1.29, 1.82) is 0 Å². The molecule has 0 aliphatic rings. The number of aromatic nitrogens is 2. The molecule has 144 valence electrons. The summed E-state index contributed by atoms with van der Waals surface area (Å²) in [5.41, 5.74) is 1.23. The maximum atomic E-state index is 13.7. The van der Waals surface area contributed by atoms with Crippen molar-refractivity contribution in [3.63, 3.8) is 0 Å². The lowest BCUT2D eigenvalue weighted by Crippen LogP contribution is -2.24. The van der Waals surface area contributed by atoms with Crippen LogP contribution in [0, 0.1) is 12.7 Å². The summed E-state index contributed by atoms with van der Waals surface area (Å²) in [5, 5.41) is 7.32. The molecule has 0 unspecified atom stereocenters. The number of nitrogens with one attached hydrogen (secondary N) is 1. The standard InChI is InChI=1S/C20H17ClFN3O2S/c1-12-7-8-14(11-15(12)21)25-19(26)10-9-18(24-25)28-13(2)20(27)23-17-6-4-3-5-16(17)22/h3-11,13H,1-2H3,(H,23,27)/t13-/m0/s1. The third-order valence-corrected chi connectivity index (χ3v) is 5.41. The molecule has 1 atom stereocenters. The molecular formula is C20H17ClFN3O2S. The van der Waals surface area contributed by atoms with Crippen LogP contribution in [0.3, 0.4) is 0 Å². The van der Waals surface area contributed by atoms with Crippen molar-refractivity contribution in [1.82, 2.24) is 9.78 Å². The number of para-hydroxylation sites is 1. The Kier molecular flexibility index (Phi) is 6.16. The van der Waals surface area contributed by atoms with E-state index >= 15 is 0 Å². The summed E-state index contributed by atoms with van der Waals surface area (Å²) >= 11 is 7.30. The lowest BCUT2D eigenvalue weighted by atomic mass is 10.2. The molecule has 1 N–H and O–H groups in total. The van der Waals surface area contributed by atoms with Gasteiger partial charge in [-0.2, -0.15) is 9.78 Å². The van der Waals surface area contributed by atoms with E-state index in [9.17, 15) is 14.0 Å². The second-order valence-electron chi connectivity index (χ2n) is 6.08. The largest absolute Gasteiger partial charge is 0.323 e. The first kappa shape index (κ1) is 20.1. The average Bonchev–Trinajstić information content (AvgIpc) is 2.67. The molecule has 0 aliphatic heterocycles. The number of rotatable bonds is 5. The fourth-order valence-electron chi connectivity index (χ4n) is 2.39. The molecule has 8 heteroatoms. The van der Waals surface area contributed by atoms with E-state index in [1.807, 2.05) is 6.92 Å². The van der Waals surface area contributed by atoms with Gasteiger partial charge >= 0.3 is 0 Å². The summed E-state index contributed by atoms with van der Waals surface area (Å²) < 4.78 is 14.9. The van der Waals surface area contributed by atoms with Crippen LogP contribution in [0.15, 0.2) is 64.4 Å². The SMILES string of the molecule is Cc1ccc(-n2nc(S[C@@H](C)C(=O)Nc3ccccc3F)ccc2=O)cc1Cl. The zero-order valence-corrected chi connectivity index (χ0v) is 16.7. The predicted molar refractivity (Wildman–Crippen MR) is 110 cm³/mol. The van der Waals surface area contributed by atoms with Crippen molar-refractivity contribution in [3.8, 4) is 5.69 Å². The molecule has 0 spiro atoms. The fraction of sp³-hybridized carbons (Fsp3) is 0.150. The number of hydrogen-bond donors (Lipinski definition) is 1. The Morgan fingerprint density at radius 1 is 1.21 bits per heavy atom. The molecule has 0 saturated carbocycles. The number of hydrogen-bond acceptors (Lipinski definition) is 4. The lowest BCUT2D eigenvalue weighted by Gasteiger charge is -2.13. The van der Waals surface area contributed by atoms with Crippen LogP contribution in [0.2, 0.25) is 5.02 Å². The molecule has 3 rings (SSSR count). The van der Waals surface area contributed by atoms with Gasteiger partial charge in [0.05, 0.1) is 16.6 Å². The van der Waals surface area contributed by atoms with E-state index in [1.165, 1.54) is 22.9 Å². The van der Waals surface area contributed by atoms with E-state index in [4.69, 9.17) is 11.6 Å². The van der Waals surface area contributed by atoms with E-state index in [1.54, 1.807) is 43.3 Å². The van der Waals surface area contributed by atoms with Gasteiger partial charge in [-0.25, -0.2) is 4.39 Å². The van der Waals surface area contributed by atoms with Crippen molar-refractivity contribution >= 4 is 35.0 Å². The Labute approximate surface area is 170 Å². The smallest absolute Gasteiger partial charge is 0.271 e. The Hall–Kier alpha value is -2.64. The lowest BCUT2D eigenvalue weighted by molar-refractivity contribution is -0.115. The molecule has 0 saturated heterocycles. The van der Waals surface area contributed by atoms with Gasteiger partial charge in [0.2, 0.25) is 5.91 Å². The Balaban J connectivity index is 1.79. The molecule has 1 aromatic heterocycles. The van der Waals surface area contributed by atoms with Crippen molar-refractivity contribution in [2.75, 3.05) is 5.32 Å². The van der Waals surface area contributed by atoms with Gasteiger partial charge < -0.3 is 5.32 Å². The topological polar surface area (TPSA) is 64.0 Å². The minimum atomic E-state index is -0.556. The number of thioether (sulfide) groups is 1. The third-order valence-electron chi connectivity index (χ3n) is 3.97. The highest BCUT2D eigenvalue weighted by Gasteiger charge is 2.17. The number of carbonyl (C=O) groups excluding carboxylic acids is 1. The molecule has 0 radical (unpaired) electrons. The maximum Gasteiger partial charge on any atom is 0.271 e. The van der Waals surface area contributed by atoms with Gasteiger partial charge in [-0.3, -0.25) is 9.59 Å². The van der Waals surface area contributed by atoms with Gasteiger partial charge in [0, 0.05) is 11.1 Å². The van der Waals surface area contributed by atoms with Crippen LogP contribution in [0.25, 0.3) is 5.69 Å². The molecule has 1 amide bonds. The minimum absolute atomic E-state index is 0.118. The molecule has 1 heterocycles. The van der Waals surface area contributed by atoms with Gasteiger partial charge in [0.25, 0.3) is 5.56 Å². The third kappa shape index (κ3) is 4.61. The van der Waals surface area contributed by atoms with Crippen molar-refractivity contribution in [2.24, 2.45) is 0 Å². The van der Waals surface area contributed by atoms with Crippen molar-refractivity contribution in [3.05, 3.63) is 81.4 Å².